The molecule has 0 fully saturated rings. The number of aromatic amines is 1. The Morgan fingerprint density at radius 2 is 1.95 bits per heavy atom. The number of rotatable bonds is 4. The second-order valence-electron chi connectivity index (χ2n) is 4.17. The molecule has 7 heteroatoms. The first-order valence-electron chi connectivity index (χ1n) is 6.03. The molecule has 2 rings (SSSR count). The number of anilines is 1. The second kappa shape index (κ2) is 5.68. The van der Waals surface area contributed by atoms with E-state index in [1.807, 2.05) is 0 Å². The van der Waals surface area contributed by atoms with Crippen molar-refractivity contribution in [3.8, 4) is 0 Å². The fraction of sp³-hybridized carbons (Fsp3) is 0.231. The lowest BCUT2D eigenvalue weighted by atomic mass is 10.2. The van der Waals surface area contributed by atoms with E-state index >= 15 is 0 Å². The zero-order chi connectivity index (χ0) is 14.7. The Morgan fingerprint density at radius 1 is 1.20 bits per heavy atom. The molecule has 2 N–H and O–H groups in total. The molecule has 0 saturated heterocycles. The zero-order valence-corrected chi connectivity index (χ0v) is 10.7. The van der Waals surface area contributed by atoms with Crippen LogP contribution in [0, 0.1) is 11.6 Å². The summed E-state index contributed by atoms with van der Waals surface area (Å²) in [5.74, 6) is -1.64. The van der Waals surface area contributed by atoms with Gasteiger partial charge in [0.05, 0.1) is 0 Å². The number of nitrogens with one attached hydrogen (secondary N) is 2. The first kappa shape index (κ1) is 14.0. The van der Waals surface area contributed by atoms with Crippen LogP contribution in [0.15, 0.2) is 33.9 Å². The van der Waals surface area contributed by atoms with E-state index < -0.39 is 22.9 Å². The third kappa shape index (κ3) is 2.93. The minimum atomic E-state index is -0.945. The van der Waals surface area contributed by atoms with E-state index in [1.165, 1.54) is 12.1 Å². The predicted octanol–water partition coefficient (Wildman–Crippen LogP) is 1.45. The van der Waals surface area contributed by atoms with Crippen molar-refractivity contribution in [3.63, 3.8) is 0 Å². The van der Waals surface area contributed by atoms with E-state index in [9.17, 15) is 18.4 Å². The van der Waals surface area contributed by atoms with E-state index in [0.717, 1.165) is 16.7 Å². The highest BCUT2D eigenvalue weighted by atomic mass is 19.2. The lowest BCUT2D eigenvalue weighted by Gasteiger charge is -2.07. The van der Waals surface area contributed by atoms with Crippen LogP contribution in [0.2, 0.25) is 0 Å². The summed E-state index contributed by atoms with van der Waals surface area (Å²) >= 11 is 0. The highest BCUT2D eigenvalue weighted by molar-refractivity contribution is 5.33. The van der Waals surface area contributed by atoms with Crippen molar-refractivity contribution in [2.24, 2.45) is 0 Å². The summed E-state index contributed by atoms with van der Waals surface area (Å²) in [6.45, 7) is 2.12. The summed E-state index contributed by atoms with van der Waals surface area (Å²) in [6, 6.07) is 4.72. The molecule has 2 aromatic rings. The number of H-pyrrole nitrogens is 1. The summed E-state index contributed by atoms with van der Waals surface area (Å²) in [5, 5.41) is 2.78. The predicted molar refractivity (Wildman–Crippen MR) is 70.7 cm³/mol. The van der Waals surface area contributed by atoms with Crippen LogP contribution in [0.4, 0.5) is 14.6 Å². The van der Waals surface area contributed by atoms with Crippen LogP contribution in [-0.2, 0) is 13.1 Å². The van der Waals surface area contributed by atoms with Gasteiger partial charge in [-0.1, -0.05) is 6.07 Å². The minimum absolute atomic E-state index is 0.155. The van der Waals surface area contributed by atoms with Gasteiger partial charge in [0.25, 0.3) is 5.56 Å². The standard InChI is InChI=1S/C13H13F2N3O2/c1-2-18-12(19)6-11(17-13(18)20)16-7-8-3-4-9(14)10(15)5-8/h3-6,16H,2,7H2,1H3,(H,17,20). The second-order valence-corrected chi connectivity index (χ2v) is 4.17. The number of aromatic nitrogens is 2. The quantitative estimate of drug-likeness (QED) is 0.891. The third-order valence-corrected chi connectivity index (χ3v) is 2.80. The Kier molecular flexibility index (Phi) is 3.97. The van der Waals surface area contributed by atoms with Crippen LogP contribution in [0.5, 0.6) is 0 Å². The molecule has 0 radical (unpaired) electrons. The Balaban J connectivity index is 2.17. The fourth-order valence-electron chi connectivity index (χ4n) is 1.76. The molecule has 0 saturated carbocycles. The molecule has 0 amide bonds. The monoisotopic (exact) mass is 281 g/mol. The van der Waals surface area contributed by atoms with Crippen molar-refractivity contribution in [1.82, 2.24) is 9.55 Å². The number of hydrogen-bond donors (Lipinski definition) is 2. The van der Waals surface area contributed by atoms with Gasteiger partial charge in [0, 0.05) is 19.2 Å². The number of nitrogens with zero attached hydrogens (tertiary/aromatic N) is 1. The lowest BCUT2D eigenvalue weighted by molar-refractivity contribution is 0.507. The molecule has 20 heavy (non-hydrogen) atoms. The summed E-state index contributed by atoms with van der Waals surface area (Å²) in [6.07, 6.45) is 0. The molecule has 0 unspecified atom stereocenters. The highest BCUT2D eigenvalue weighted by Crippen LogP contribution is 2.09. The number of benzene rings is 1. The average Bonchev–Trinajstić information content (AvgIpc) is 2.40. The van der Waals surface area contributed by atoms with Crippen LogP contribution >= 0.6 is 0 Å². The molecule has 0 atom stereocenters. The smallest absolute Gasteiger partial charge is 0.329 e. The largest absolute Gasteiger partial charge is 0.367 e. The Morgan fingerprint density at radius 3 is 2.55 bits per heavy atom. The summed E-state index contributed by atoms with van der Waals surface area (Å²) in [7, 11) is 0. The molecule has 0 spiro atoms. The van der Waals surface area contributed by atoms with Gasteiger partial charge < -0.3 is 5.32 Å². The van der Waals surface area contributed by atoms with Crippen LogP contribution in [0.25, 0.3) is 0 Å². The van der Waals surface area contributed by atoms with E-state index in [0.29, 0.717) is 5.56 Å². The number of halogens is 2. The molecule has 0 bridgehead atoms. The van der Waals surface area contributed by atoms with Gasteiger partial charge in [0.2, 0.25) is 0 Å². The minimum Gasteiger partial charge on any atom is -0.367 e. The first-order chi connectivity index (χ1) is 9.51. The van der Waals surface area contributed by atoms with Gasteiger partial charge in [-0.3, -0.25) is 14.3 Å². The van der Waals surface area contributed by atoms with Crippen molar-refractivity contribution in [2.75, 3.05) is 5.32 Å². The van der Waals surface area contributed by atoms with E-state index in [4.69, 9.17) is 0 Å². The molecule has 1 aromatic carbocycles. The zero-order valence-electron chi connectivity index (χ0n) is 10.7. The van der Waals surface area contributed by atoms with E-state index in [1.54, 1.807) is 6.92 Å². The topological polar surface area (TPSA) is 66.9 Å². The molecule has 106 valence electrons. The van der Waals surface area contributed by atoms with Crippen molar-refractivity contribution < 1.29 is 8.78 Å². The molecule has 1 heterocycles. The molecular weight excluding hydrogens is 268 g/mol. The van der Waals surface area contributed by atoms with Crippen molar-refractivity contribution in [1.29, 1.82) is 0 Å². The maximum absolute atomic E-state index is 13.0. The highest BCUT2D eigenvalue weighted by Gasteiger charge is 2.04. The van der Waals surface area contributed by atoms with Crippen molar-refractivity contribution >= 4 is 5.82 Å². The van der Waals surface area contributed by atoms with Gasteiger partial charge in [0.1, 0.15) is 5.82 Å². The third-order valence-electron chi connectivity index (χ3n) is 2.80. The molecule has 1 aromatic heterocycles. The van der Waals surface area contributed by atoms with Gasteiger partial charge in [-0.25, -0.2) is 13.6 Å². The van der Waals surface area contributed by atoms with Gasteiger partial charge in [-0.15, -0.1) is 0 Å². The van der Waals surface area contributed by atoms with Gasteiger partial charge in [-0.2, -0.15) is 0 Å². The van der Waals surface area contributed by atoms with Gasteiger partial charge >= 0.3 is 5.69 Å². The summed E-state index contributed by atoms with van der Waals surface area (Å²) in [5.41, 5.74) is -0.457. The maximum Gasteiger partial charge on any atom is 0.329 e. The first-order valence-corrected chi connectivity index (χ1v) is 6.03. The lowest BCUT2D eigenvalue weighted by Crippen LogP contribution is -2.34. The number of hydrogen-bond acceptors (Lipinski definition) is 3. The SMILES string of the molecule is CCn1c(=O)cc(NCc2ccc(F)c(F)c2)[nH]c1=O. The Bertz CT molecular complexity index is 706. The van der Waals surface area contributed by atoms with Gasteiger partial charge in [-0.05, 0) is 24.6 Å². The molecule has 0 aliphatic rings. The Hall–Kier alpha value is -2.44. The van der Waals surface area contributed by atoms with E-state index in [-0.39, 0.29) is 18.9 Å². The fourth-order valence-corrected chi connectivity index (χ4v) is 1.76. The molecule has 0 aliphatic carbocycles. The van der Waals surface area contributed by atoms with E-state index in [2.05, 4.69) is 10.3 Å². The van der Waals surface area contributed by atoms with Crippen LogP contribution < -0.4 is 16.6 Å². The van der Waals surface area contributed by atoms with Crippen molar-refractivity contribution in [2.45, 2.75) is 20.0 Å². The summed E-state index contributed by atoms with van der Waals surface area (Å²) < 4.78 is 26.8. The summed E-state index contributed by atoms with van der Waals surface area (Å²) in [4.78, 5) is 25.6. The van der Waals surface area contributed by atoms with Crippen LogP contribution in [0.1, 0.15) is 12.5 Å². The maximum atomic E-state index is 13.0. The molecule has 5 nitrogen and oxygen atoms in total. The molecule has 0 aliphatic heterocycles. The van der Waals surface area contributed by atoms with Crippen LogP contribution in [0.3, 0.4) is 0 Å². The normalized spacial score (nSPS) is 10.6. The molecular formula is C13H13F2N3O2. The average molecular weight is 281 g/mol. The van der Waals surface area contributed by atoms with Crippen LogP contribution in [-0.4, -0.2) is 9.55 Å². The van der Waals surface area contributed by atoms with Gasteiger partial charge in [0.15, 0.2) is 11.6 Å². The Labute approximate surface area is 112 Å². The van der Waals surface area contributed by atoms with Crippen molar-refractivity contribution in [3.05, 3.63) is 62.3 Å².